The number of fused-ring (bicyclic) bond motifs is 5. The van der Waals surface area contributed by atoms with E-state index in [2.05, 4.69) is 27.4 Å². The van der Waals surface area contributed by atoms with Gasteiger partial charge >= 0.3 is 0 Å². The van der Waals surface area contributed by atoms with E-state index in [4.69, 9.17) is 0 Å². The molecule has 7 unspecified atom stereocenters. The predicted molar refractivity (Wildman–Crippen MR) is 113 cm³/mol. The maximum Gasteiger partial charge on any atom is -0.0266 e. The second kappa shape index (κ2) is 7.29. The van der Waals surface area contributed by atoms with E-state index in [1.54, 1.807) is 44.9 Å². The second-order valence-electron chi connectivity index (χ2n) is 11.3. The maximum absolute atomic E-state index is 4.24. The number of hydrogen-bond donors (Lipinski definition) is 0. The molecule has 0 spiro atoms. The van der Waals surface area contributed by atoms with Gasteiger partial charge in [-0.05, 0) is 117 Å². The van der Waals surface area contributed by atoms with Gasteiger partial charge in [-0.1, -0.05) is 45.8 Å². The Labute approximate surface area is 163 Å². The summed E-state index contributed by atoms with van der Waals surface area (Å²) in [5.74, 6) is 5.35. The largest absolute Gasteiger partial charge is 0.0999 e. The zero-order valence-electron chi connectivity index (χ0n) is 18.0. The van der Waals surface area contributed by atoms with Crippen molar-refractivity contribution in [2.45, 2.75) is 111 Å². The molecule has 0 aromatic rings. The minimum Gasteiger partial charge on any atom is -0.0999 e. The summed E-state index contributed by atoms with van der Waals surface area (Å²) in [5.41, 5.74) is 2.83. The Balaban J connectivity index is 1.44. The molecule has 4 aliphatic carbocycles. The quantitative estimate of drug-likeness (QED) is 0.436. The van der Waals surface area contributed by atoms with Crippen molar-refractivity contribution in [3.8, 4) is 0 Å². The summed E-state index contributed by atoms with van der Waals surface area (Å²) < 4.78 is 0. The molecule has 0 aromatic heterocycles. The first kappa shape index (κ1) is 19.1. The molecule has 0 aromatic carbocycles. The van der Waals surface area contributed by atoms with Gasteiger partial charge in [0.1, 0.15) is 0 Å². The first-order chi connectivity index (χ1) is 12.5. The third-order valence-electron chi connectivity index (χ3n) is 10.2. The Kier molecular flexibility index (Phi) is 5.35. The number of hydrogen-bond acceptors (Lipinski definition) is 0. The molecule has 0 saturated heterocycles. The monoisotopic (exact) mass is 356 g/mol. The highest BCUT2D eigenvalue weighted by molar-refractivity contribution is 5.07. The zero-order valence-corrected chi connectivity index (χ0v) is 18.0. The third-order valence-corrected chi connectivity index (χ3v) is 10.2. The third kappa shape index (κ3) is 3.12. The highest BCUT2D eigenvalue weighted by atomic mass is 14.6. The first-order valence-electron chi connectivity index (χ1n) is 12.1. The van der Waals surface area contributed by atoms with Gasteiger partial charge in [0.05, 0.1) is 0 Å². The van der Waals surface area contributed by atoms with Crippen LogP contribution in [0.25, 0.3) is 0 Å². The van der Waals surface area contributed by atoms with Crippen LogP contribution in [0.4, 0.5) is 0 Å². The SMILES string of the molecule is C=C(CC)CCCC1(C)CCC2C3CCC4CCCCC4(C)C3CCC21. The Morgan fingerprint density at radius 3 is 2.46 bits per heavy atom. The summed E-state index contributed by atoms with van der Waals surface area (Å²) in [4.78, 5) is 0. The molecule has 0 radical (unpaired) electrons. The van der Waals surface area contributed by atoms with Crippen LogP contribution in [-0.4, -0.2) is 0 Å². The molecule has 0 bridgehead atoms. The summed E-state index contributed by atoms with van der Waals surface area (Å²) in [6, 6.07) is 0. The topological polar surface area (TPSA) is 0 Å². The molecule has 0 nitrogen and oxygen atoms in total. The van der Waals surface area contributed by atoms with Crippen LogP contribution in [0.1, 0.15) is 111 Å². The van der Waals surface area contributed by atoms with Gasteiger partial charge < -0.3 is 0 Å². The van der Waals surface area contributed by atoms with Gasteiger partial charge in [-0.15, -0.1) is 0 Å². The standard InChI is InChI=1S/C26H44/c1-5-19(2)9-8-16-25(3)18-15-22-21-12-11-20-10-6-7-17-26(20,4)24(21)14-13-23(22)25/h20-24H,2,5-18H2,1,3-4H3. The lowest BCUT2D eigenvalue weighted by atomic mass is 9.46. The first-order valence-corrected chi connectivity index (χ1v) is 12.1. The van der Waals surface area contributed by atoms with E-state index >= 15 is 0 Å². The molecule has 4 fully saturated rings. The van der Waals surface area contributed by atoms with Gasteiger partial charge in [0, 0.05) is 0 Å². The molecular weight excluding hydrogens is 312 g/mol. The van der Waals surface area contributed by atoms with Gasteiger partial charge in [0.2, 0.25) is 0 Å². The van der Waals surface area contributed by atoms with E-state index in [-0.39, 0.29) is 0 Å². The average molecular weight is 357 g/mol. The van der Waals surface area contributed by atoms with Gasteiger partial charge in [0.15, 0.2) is 0 Å². The van der Waals surface area contributed by atoms with Gasteiger partial charge in [0.25, 0.3) is 0 Å². The van der Waals surface area contributed by atoms with Crippen LogP contribution >= 0.6 is 0 Å². The summed E-state index contributed by atoms with van der Waals surface area (Å²) >= 11 is 0. The van der Waals surface area contributed by atoms with E-state index in [1.807, 2.05) is 0 Å². The van der Waals surface area contributed by atoms with Crippen molar-refractivity contribution in [2.75, 3.05) is 0 Å². The molecule has 0 amide bonds. The molecule has 4 rings (SSSR count). The Morgan fingerprint density at radius 2 is 1.65 bits per heavy atom. The molecule has 26 heavy (non-hydrogen) atoms. The van der Waals surface area contributed by atoms with Crippen molar-refractivity contribution >= 4 is 0 Å². The Hall–Kier alpha value is -0.260. The van der Waals surface area contributed by atoms with E-state index in [1.165, 1.54) is 50.5 Å². The minimum absolute atomic E-state index is 0.647. The van der Waals surface area contributed by atoms with Crippen LogP contribution in [0.2, 0.25) is 0 Å². The molecule has 0 N–H and O–H groups in total. The lowest BCUT2D eigenvalue weighted by molar-refractivity contribution is -0.0931. The Morgan fingerprint density at radius 1 is 0.885 bits per heavy atom. The smallest absolute Gasteiger partial charge is 0.0266 e. The average Bonchev–Trinajstić information content (AvgIpc) is 2.98. The molecule has 148 valence electrons. The van der Waals surface area contributed by atoms with E-state index in [0.29, 0.717) is 10.8 Å². The highest BCUT2D eigenvalue weighted by Gasteiger charge is 2.57. The van der Waals surface area contributed by atoms with Crippen LogP contribution in [0.5, 0.6) is 0 Å². The van der Waals surface area contributed by atoms with Crippen LogP contribution in [0, 0.1) is 40.4 Å². The van der Waals surface area contributed by atoms with Crippen LogP contribution in [-0.2, 0) is 0 Å². The number of rotatable bonds is 5. The number of allylic oxidation sites excluding steroid dienone is 1. The van der Waals surface area contributed by atoms with Gasteiger partial charge in [-0.3, -0.25) is 0 Å². The molecule has 4 aliphatic rings. The van der Waals surface area contributed by atoms with Crippen LogP contribution in [0.3, 0.4) is 0 Å². The maximum atomic E-state index is 4.24. The summed E-state index contributed by atoms with van der Waals surface area (Å²) in [5, 5.41) is 0. The molecule has 7 atom stereocenters. The van der Waals surface area contributed by atoms with Crippen molar-refractivity contribution in [2.24, 2.45) is 40.4 Å². The Bertz CT molecular complexity index is 518. The van der Waals surface area contributed by atoms with Crippen LogP contribution in [0.15, 0.2) is 12.2 Å². The van der Waals surface area contributed by atoms with Crippen molar-refractivity contribution < 1.29 is 0 Å². The molecular formula is C26H44. The molecule has 0 heterocycles. The fourth-order valence-electron chi connectivity index (χ4n) is 8.60. The summed E-state index contributed by atoms with van der Waals surface area (Å²) in [6.45, 7) is 11.9. The summed E-state index contributed by atoms with van der Waals surface area (Å²) in [6.07, 6.45) is 20.8. The second-order valence-corrected chi connectivity index (χ2v) is 11.3. The predicted octanol–water partition coefficient (Wildman–Crippen LogP) is 8.17. The lowest BCUT2D eigenvalue weighted by Gasteiger charge is -2.59. The fraction of sp³-hybridized carbons (Fsp3) is 0.923. The lowest BCUT2D eigenvalue weighted by Crippen LogP contribution is -2.50. The van der Waals surface area contributed by atoms with E-state index in [9.17, 15) is 0 Å². The van der Waals surface area contributed by atoms with E-state index < -0.39 is 0 Å². The van der Waals surface area contributed by atoms with Crippen LogP contribution < -0.4 is 0 Å². The fourth-order valence-corrected chi connectivity index (χ4v) is 8.60. The van der Waals surface area contributed by atoms with Crippen molar-refractivity contribution in [3.63, 3.8) is 0 Å². The van der Waals surface area contributed by atoms with E-state index in [0.717, 1.165) is 29.6 Å². The van der Waals surface area contributed by atoms with Gasteiger partial charge in [-0.25, -0.2) is 0 Å². The van der Waals surface area contributed by atoms with Crippen molar-refractivity contribution in [3.05, 3.63) is 12.2 Å². The normalized spacial score (nSPS) is 47.7. The van der Waals surface area contributed by atoms with Gasteiger partial charge in [-0.2, -0.15) is 0 Å². The molecule has 4 saturated carbocycles. The highest BCUT2D eigenvalue weighted by Crippen LogP contribution is 2.66. The van der Waals surface area contributed by atoms with Crippen molar-refractivity contribution in [1.82, 2.24) is 0 Å². The molecule has 0 aliphatic heterocycles. The zero-order chi connectivity index (χ0) is 18.4. The van der Waals surface area contributed by atoms with Crippen molar-refractivity contribution in [1.29, 1.82) is 0 Å². The molecule has 0 heteroatoms. The summed E-state index contributed by atoms with van der Waals surface area (Å²) in [7, 11) is 0. The minimum atomic E-state index is 0.647.